The highest BCUT2D eigenvalue weighted by Gasteiger charge is 2.11. The van der Waals surface area contributed by atoms with Gasteiger partial charge in [-0.15, -0.1) is 5.10 Å². The number of hydrogen-bond donors (Lipinski definition) is 1. The maximum absolute atomic E-state index is 11.9. The monoisotopic (exact) mass is 289 g/mol. The molecule has 0 bridgehead atoms. The number of carbonyl (C=O) groups excluding carboxylic acids is 1. The van der Waals surface area contributed by atoms with Crippen molar-refractivity contribution in [1.29, 1.82) is 5.26 Å². The van der Waals surface area contributed by atoms with E-state index in [2.05, 4.69) is 15.4 Å². The Balaban J connectivity index is 1.94. The summed E-state index contributed by atoms with van der Waals surface area (Å²) in [4.78, 5) is 15.6. The first-order valence-electron chi connectivity index (χ1n) is 5.93. The Morgan fingerprint density at radius 2 is 2.20 bits per heavy atom. The summed E-state index contributed by atoms with van der Waals surface area (Å²) < 4.78 is 1.32. The van der Waals surface area contributed by atoms with Gasteiger partial charge in [0.1, 0.15) is 18.9 Å². The van der Waals surface area contributed by atoms with Crippen molar-refractivity contribution in [1.82, 2.24) is 20.1 Å². The molecule has 20 heavy (non-hydrogen) atoms. The van der Waals surface area contributed by atoms with Crippen molar-refractivity contribution in [2.24, 2.45) is 0 Å². The lowest BCUT2D eigenvalue weighted by molar-refractivity contribution is -0.122. The number of carbonyl (C=O) groups is 1. The van der Waals surface area contributed by atoms with Gasteiger partial charge in [-0.3, -0.25) is 4.79 Å². The third-order valence-corrected chi connectivity index (χ3v) is 2.94. The summed E-state index contributed by atoms with van der Waals surface area (Å²) in [6, 6.07) is 8.93. The zero-order valence-electron chi connectivity index (χ0n) is 10.7. The van der Waals surface area contributed by atoms with Gasteiger partial charge in [-0.25, -0.2) is 9.67 Å². The molecular weight excluding hydrogens is 278 g/mol. The second-order valence-electron chi connectivity index (χ2n) is 4.22. The third-order valence-electron chi connectivity index (χ3n) is 2.69. The van der Waals surface area contributed by atoms with Crippen LogP contribution < -0.4 is 5.32 Å². The lowest BCUT2D eigenvalue weighted by Crippen LogP contribution is -2.30. The van der Waals surface area contributed by atoms with E-state index in [4.69, 9.17) is 16.9 Å². The minimum Gasteiger partial charge on any atom is -0.348 e. The number of aromatic nitrogens is 3. The number of amides is 1. The lowest BCUT2D eigenvalue weighted by atomic mass is 10.1. The summed E-state index contributed by atoms with van der Waals surface area (Å²) in [5, 5.41) is 15.9. The fourth-order valence-corrected chi connectivity index (χ4v) is 1.82. The third kappa shape index (κ3) is 3.56. The molecule has 1 atom stereocenters. The largest absolute Gasteiger partial charge is 0.348 e. The highest BCUT2D eigenvalue weighted by Crippen LogP contribution is 2.15. The van der Waals surface area contributed by atoms with Gasteiger partial charge in [0.25, 0.3) is 5.82 Å². The molecule has 0 radical (unpaired) electrons. The van der Waals surface area contributed by atoms with Crippen molar-refractivity contribution in [3.8, 4) is 6.07 Å². The molecule has 0 spiro atoms. The number of rotatable bonds is 4. The maximum atomic E-state index is 11.9. The second kappa shape index (κ2) is 6.17. The molecule has 2 aromatic rings. The highest BCUT2D eigenvalue weighted by atomic mass is 35.5. The van der Waals surface area contributed by atoms with Crippen LogP contribution in [-0.4, -0.2) is 20.7 Å². The normalized spacial score (nSPS) is 11.7. The van der Waals surface area contributed by atoms with Gasteiger partial charge in [-0.1, -0.05) is 23.7 Å². The Kier molecular flexibility index (Phi) is 4.33. The minimum atomic E-state index is -0.207. The summed E-state index contributed by atoms with van der Waals surface area (Å²) in [6.07, 6.45) is 1.35. The molecule has 1 heterocycles. The molecule has 1 aromatic heterocycles. The van der Waals surface area contributed by atoms with E-state index < -0.39 is 0 Å². The van der Waals surface area contributed by atoms with E-state index in [0.29, 0.717) is 5.02 Å². The quantitative estimate of drug-likeness (QED) is 0.928. The molecule has 0 saturated heterocycles. The van der Waals surface area contributed by atoms with Crippen molar-refractivity contribution in [2.45, 2.75) is 19.5 Å². The average molecular weight is 290 g/mol. The van der Waals surface area contributed by atoms with Crippen LogP contribution in [0.5, 0.6) is 0 Å². The molecule has 2 rings (SSSR count). The first-order chi connectivity index (χ1) is 9.58. The van der Waals surface area contributed by atoms with E-state index in [9.17, 15) is 4.79 Å². The van der Waals surface area contributed by atoms with Crippen molar-refractivity contribution in [3.63, 3.8) is 0 Å². The molecule has 6 nitrogen and oxygen atoms in total. The number of halogens is 1. The van der Waals surface area contributed by atoms with Crippen LogP contribution in [0.4, 0.5) is 0 Å². The van der Waals surface area contributed by atoms with E-state index in [1.165, 1.54) is 11.0 Å². The molecule has 1 amide bonds. The van der Waals surface area contributed by atoms with Crippen LogP contribution in [0.15, 0.2) is 30.6 Å². The van der Waals surface area contributed by atoms with Crippen LogP contribution in [0.25, 0.3) is 0 Å². The molecular formula is C13H12ClN5O. The first kappa shape index (κ1) is 14.0. The van der Waals surface area contributed by atoms with Gasteiger partial charge in [0, 0.05) is 5.02 Å². The molecule has 1 N–H and O–H groups in total. The van der Waals surface area contributed by atoms with Crippen LogP contribution in [0.1, 0.15) is 24.4 Å². The zero-order valence-corrected chi connectivity index (χ0v) is 11.5. The molecule has 0 aliphatic carbocycles. The van der Waals surface area contributed by atoms with E-state index in [1.807, 2.05) is 19.1 Å². The molecule has 102 valence electrons. The molecule has 0 aliphatic rings. The second-order valence-corrected chi connectivity index (χ2v) is 4.65. The maximum Gasteiger partial charge on any atom is 0.252 e. The Hall–Kier alpha value is -2.39. The Morgan fingerprint density at radius 3 is 2.80 bits per heavy atom. The van der Waals surface area contributed by atoms with Crippen molar-refractivity contribution < 1.29 is 4.79 Å². The standard InChI is InChI=1S/C13H12ClN5O/c1-9(10-2-4-11(14)5-3-10)17-13(20)7-19-8-16-12(6-15)18-19/h2-5,8-9H,7H2,1H3,(H,17,20). The van der Waals surface area contributed by atoms with Gasteiger partial charge in [-0.2, -0.15) is 5.26 Å². The predicted octanol–water partition coefficient (Wildman–Crippen LogP) is 1.68. The van der Waals surface area contributed by atoms with Gasteiger partial charge in [-0.05, 0) is 24.6 Å². The lowest BCUT2D eigenvalue weighted by Gasteiger charge is -2.14. The Bertz CT molecular complexity index is 644. The van der Waals surface area contributed by atoms with Crippen LogP contribution in [-0.2, 0) is 11.3 Å². The van der Waals surface area contributed by atoms with E-state index in [0.717, 1.165) is 5.56 Å². The Morgan fingerprint density at radius 1 is 1.50 bits per heavy atom. The smallest absolute Gasteiger partial charge is 0.252 e. The molecule has 0 fully saturated rings. The first-order valence-corrected chi connectivity index (χ1v) is 6.30. The molecule has 0 aliphatic heterocycles. The van der Waals surface area contributed by atoms with Gasteiger partial charge < -0.3 is 5.32 Å². The van der Waals surface area contributed by atoms with E-state index in [-0.39, 0.29) is 24.3 Å². The SMILES string of the molecule is CC(NC(=O)Cn1cnc(C#N)n1)c1ccc(Cl)cc1. The fourth-order valence-electron chi connectivity index (χ4n) is 1.69. The average Bonchev–Trinajstić information content (AvgIpc) is 2.86. The van der Waals surface area contributed by atoms with Gasteiger partial charge in [0.15, 0.2) is 0 Å². The van der Waals surface area contributed by atoms with Crippen molar-refractivity contribution in [3.05, 3.63) is 47.0 Å². The fraction of sp³-hybridized carbons (Fsp3) is 0.231. The van der Waals surface area contributed by atoms with Gasteiger partial charge in [0.2, 0.25) is 5.91 Å². The summed E-state index contributed by atoms with van der Waals surface area (Å²) in [6.45, 7) is 1.90. The summed E-state index contributed by atoms with van der Waals surface area (Å²) in [7, 11) is 0. The highest BCUT2D eigenvalue weighted by molar-refractivity contribution is 6.30. The summed E-state index contributed by atoms with van der Waals surface area (Å²) in [5.74, 6) is -0.162. The number of nitrogens with one attached hydrogen (secondary N) is 1. The van der Waals surface area contributed by atoms with Crippen LogP contribution >= 0.6 is 11.6 Å². The molecule has 1 unspecified atom stereocenters. The number of benzene rings is 1. The van der Waals surface area contributed by atoms with Crippen molar-refractivity contribution >= 4 is 17.5 Å². The Labute approximate surface area is 121 Å². The molecule has 1 aromatic carbocycles. The summed E-state index contributed by atoms with van der Waals surface area (Å²) >= 11 is 5.81. The molecule has 7 heteroatoms. The van der Waals surface area contributed by atoms with Gasteiger partial charge in [0.05, 0.1) is 6.04 Å². The zero-order chi connectivity index (χ0) is 14.5. The van der Waals surface area contributed by atoms with E-state index >= 15 is 0 Å². The number of nitriles is 1. The minimum absolute atomic E-state index is 0.0204. The van der Waals surface area contributed by atoms with E-state index in [1.54, 1.807) is 18.2 Å². The number of nitrogens with zero attached hydrogens (tertiary/aromatic N) is 4. The van der Waals surface area contributed by atoms with Gasteiger partial charge >= 0.3 is 0 Å². The van der Waals surface area contributed by atoms with Crippen LogP contribution in [0, 0.1) is 11.3 Å². The summed E-state index contributed by atoms with van der Waals surface area (Å²) in [5.41, 5.74) is 0.957. The predicted molar refractivity (Wildman–Crippen MR) is 72.7 cm³/mol. The van der Waals surface area contributed by atoms with Crippen LogP contribution in [0.3, 0.4) is 0 Å². The number of hydrogen-bond acceptors (Lipinski definition) is 4. The van der Waals surface area contributed by atoms with Crippen LogP contribution in [0.2, 0.25) is 5.02 Å². The topological polar surface area (TPSA) is 83.6 Å². The molecule has 0 saturated carbocycles. The van der Waals surface area contributed by atoms with Crippen molar-refractivity contribution in [2.75, 3.05) is 0 Å².